The van der Waals surface area contributed by atoms with Gasteiger partial charge in [-0.3, -0.25) is 4.79 Å². The van der Waals surface area contributed by atoms with E-state index < -0.39 is 0 Å². The quantitative estimate of drug-likeness (QED) is 0.873. The smallest absolute Gasteiger partial charge is 0.262 e. The van der Waals surface area contributed by atoms with Crippen LogP contribution < -0.4 is 10.1 Å². The van der Waals surface area contributed by atoms with Gasteiger partial charge in [-0.25, -0.2) is 0 Å². The molecular weight excluding hydrogens is 264 g/mol. The number of ether oxygens (including phenoxy) is 1. The molecule has 0 atom stereocenters. The van der Waals surface area contributed by atoms with E-state index in [2.05, 4.69) is 11.2 Å². The molecule has 0 aliphatic heterocycles. The van der Waals surface area contributed by atoms with Crippen molar-refractivity contribution in [1.82, 2.24) is 0 Å². The Balaban J connectivity index is 1.96. The van der Waals surface area contributed by atoms with Crippen LogP contribution in [-0.4, -0.2) is 12.5 Å². The van der Waals surface area contributed by atoms with E-state index in [9.17, 15) is 4.79 Å². The van der Waals surface area contributed by atoms with Crippen LogP contribution in [0.1, 0.15) is 11.1 Å². The summed E-state index contributed by atoms with van der Waals surface area (Å²) in [7, 11) is 0. The molecule has 0 saturated heterocycles. The zero-order valence-corrected chi connectivity index (χ0v) is 11.2. The lowest BCUT2D eigenvalue weighted by atomic mass is 10.2. The first-order chi connectivity index (χ1) is 10.2. The number of anilines is 1. The molecule has 0 aliphatic carbocycles. The van der Waals surface area contributed by atoms with Crippen LogP contribution >= 0.6 is 0 Å². The van der Waals surface area contributed by atoms with Crippen LogP contribution in [0, 0.1) is 23.7 Å². The van der Waals surface area contributed by atoms with E-state index in [-0.39, 0.29) is 12.5 Å². The van der Waals surface area contributed by atoms with Crippen molar-refractivity contribution in [3.05, 3.63) is 59.7 Å². The van der Waals surface area contributed by atoms with Gasteiger partial charge in [0.2, 0.25) is 0 Å². The third kappa shape index (κ3) is 3.86. The lowest BCUT2D eigenvalue weighted by Crippen LogP contribution is -2.20. The van der Waals surface area contributed by atoms with Gasteiger partial charge in [-0.05, 0) is 30.3 Å². The lowest BCUT2D eigenvalue weighted by molar-refractivity contribution is -0.118. The molecule has 0 aromatic heterocycles. The minimum atomic E-state index is -0.322. The van der Waals surface area contributed by atoms with Gasteiger partial charge < -0.3 is 10.1 Å². The number of hydrogen-bond acceptors (Lipinski definition) is 3. The highest BCUT2D eigenvalue weighted by molar-refractivity contribution is 5.92. The molecule has 1 N–H and O–H groups in total. The van der Waals surface area contributed by atoms with Crippen molar-refractivity contribution < 1.29 is 9.53 Å². The van der Waals surface area contributed by atoms with E-state index in [4.69, 9.17) is 16.4 Å². The fraction of sp³-hybridized carbons (Fsp3) is 0.0588. The lowest BCUT2D eigenvalue weighted by Gasteiger charge is -2.08. The van der Waals surface area contributed by atoms with Crippen molar-refractivity contribution in [3.8, 4) is 24.2 Å². The number of hydrogen-bond donors (Lipinski definition) is 1. The first-order valence-corrected chi connectivity index (χ1v) is 6.21. The van der Waals surface area contributed by atoms with Gasteiger partial charge in [0, 0.05) is 11.3 Å². The summed E-state index contributed by atoms with van der Waals surface area (Å²) in [6.45, 7) is -0.182. The first-order valence-electron chi connectivity index (χ1n) is 6.21. The van der Waals surface area contributed by atoms with Gasteiger partial charge in [0.25, 0.3) is 5.91 Å². The topological polar surface area (TPSA) is 62.1 Å². The Kier molecular flexibility index (Phi) is 4.58. The summed E-state index contributed by atoms with van der Waals surface area (Å²) in [6.07, 6.45) is 5.30. The average molecular weight is 276 g/mol. The Morgan fingerprint density at radius 3 is 2.81 bits per heavy atom. The van der Waals surface area contributed by atoms with Crippen LogP contribution in [0.4, 0.5) is 5.69 Å². The van der Waals surface area contributed by atoms with Crippen LogP contribution in [0.3, 0.4) is 0 Å². The Hall–Kier alpha value is -3.24. The van der Waals surface area contributed by atoms with Crippen molar-refractivity contribution in [1.29, 1.82) is 5.26 Å². The number of benzene rings is 2. The monoisotopic (exact) mass is 276 g/mol. The van der Waals surface area contributed by atoms with E-state index in [1.165, 1.54) is 0 Å². The average Bonchev–Trinajstić information content (AvgIpc) is 2.53. The normalized spacial score (nSPS) is 9.24. The third-order valence-electron chi connectivity index (χ3n) is 2.68. The number of para-hydroxylation sites is 1. The Labute approximate surface area is 123 Å². The SMILES string of the molecule is C#Cc1cccc(NC(=O)COc2ccccc2C#N)c1. The van der Waals surface area contributed by atoms with E-state index in [0.29, 0.717) is 22.6 Å². The first kappa shape index (κ1) is 14.2. The van der Waals surface area contributed by atoms with Gasteiger partial charge in [0.15, 0.2) is 6.61 Å². The van der Waals surface area contributed by atoms with Gasteiger partial charge in [-0.2, -0.15) is 5.26 Å². The molecule has 0 fully saturated rings. The summed E-state index contributed by atoms with van der Waals surface area (Å²) in [5, 5.41) is 11.6. The number of amides is 1. The van der Waals surface area contributed by atoms with Crippen LogP contribution in [0.5, 0.6) is 5.75 Å². The van der Waals surface area contributed by atoms with Crippen molar-refractivity contribution in [2.24, 2.45) is 0 Å². The summed E-state index contributed by atoms with van der Waals surface area (Å²) < 4.78 is 5.34. The summed E-state index contributed by atoms with van der Waals surface area (Å²) in [4.78, 5) is 11.8. The number of carbonyl (C=O) groups excluding carboxylic acids is 1. The second-order valence-corrected chi connectivity index (χ2v) is 4.17. The summed E-state index contributed by atoms with van der Waals surface area (Å²) >= 11 is 0. The predicted molar refractivity (Wildman–Crippen MR) is 79.7 cm³/mol. The zero-order chi connectivity index (χ0) is 15.1. The summed E-state index contributed by atoms with van der Waals surface area (Å²) in [6, 6.07) is 15.7. The summed E-state index contributed by atoms with van der Waals surface area (Å²) in [5.74, 6) is 2.55. The number of nitrogens with one attached hydrogen (secondary N) is 1. The minimum Gasteiger partial charge on any atom is -0.482 e. The third-order valence-corrected chi connectivity index (χ3v) is 2.68. The van der Waals surface area contributed by atoms with Crippen molar-refractivity contribution in [3.63, 3.8) is 0 Å². The van der Waals surface area contributed by atoms with Crippen LogP contribution in [0.15, 0.2) is 48.5 Å². The molecule has 2 aromatic rings. The number of carbonyl (C=O) groups is 1. The van der Waals surface area contributed by atoms with Crippen molar-refractivity contribution >= 4 is 11.6 Å². The van der Waals surface area contributed by atoms with Gasteiger partial charge in [-0.15, -0.1) is 6.42 Å². The van der Waals surface area contributed by atoms with Crippen molar-refractivity contribution in [2.75, 3.05) is 11.9 Å². The molecule has 0 radical (unpaired) electrons. The maximum atomic E-state index is 11.8. The highest BCUT2D eigenvalue weighted by atomic mass is 16.5. The zero-order valence-electron chi connectivity index (χ0n) is 11.2. The Morgan fingerprint density at radius 2 is 2.05 bits per heavy atom. The van der Waals surface area contributed by atoms with Gasteiger partial charge in [0.1, 0.15) is 11.8 Å². The number of nitriles is 1. The number of nitrogens with zero attached hydrogens (tertiary/aromatic N) is 1. The Bertz CT molecular complexity index is 739. The van der Waals surface area contributed by atoms with E-state index in [0.717, 1.165) is 0 Å². The molecule has 0 heterocycles. The van der Waals surface area contributed by atoms with E-state index in [1.54, 1.807) is 48.5 Å². The highest BCUT2D eigenvalue weighted by Gasteiger charge is 2.06. The molecule has 2 rings (SSSR count). The number of terminal acetylenes is 1. The van der Waals surface area contributed by atoms with Crippen LogP contribution in [0.25, 0.3) is 0 Å². The maximum Gasteiger partial charge on any atom is 0.262 e. The molecule has 21 heavy (non-hydrogen) atoms. The highest BCUT2D eigenvalue weighted by Crippen LogP contribution is 2.16. The van der Waals surface area contributed by atoms with E-state index in [1.807, 2.05) is 6.07 Å². The molecule has 102 valence electrons. The Morgan fingerprint density at radius 1 is 1.24 bits per heavy atom. The molecule has 0 aliphatic rings. The number of rotatable bonds is 4. The summed E-state index contributed by atoms with van der Waals surface area (Å²) in [5.41, 5.74) is 1.68. The fourth-order valence-electron chi connectivity index (χ4n) is 1.71. The standard InChI is InChI=1S/C17H12N2O2/c1-2-13-6-5-8-15(10-13)19-17(20)12-21-16-9-4-3-7-14(16)11-18/h1,3-10H,12H2,(H,19,20). The molecule has 1 amide bonds. The largest absolute Gasteiger partial charge is 0.482 e. The predicted octanol–water partition coefficient (Wildman–Crippen LogP) is 2.56. The van der Waals surface area contributed by atoms with E-state index >= 15 is 0 Å². The molecule has 4 nitrogen and oxygen atoms in total. The second-order valence-electron chi connectivity index (χ2n) is 4.17. The molecule has 4 heteroatoms. The van der Waals surface area contributed by atoms with Crippen LogP contribution in [0.2, 0.25) is 0 Å². The van der Waals surface area contributed by atoms with Gasteiger partial charge in [0.05, 0.1) is 5.56 Å². The molecular formula is C17H12N2O2. The molecule has 0 saturated carbocycles. The van der Waals surface area contributed by atoms with Crippen LogP contribution in [-0.2, 0) is 4.79 Å². The van der Waals surface area contributed by atoms with Gasteiger partial charge >= 0.3 is 0 Å². The molecule has 0 spiro atoms. The fourth-order valence-corrected chi connectivity index (χ4v) is 1.71. The van der Waals surface area contributed by atoms with Crippen molar-refractivity contribution in [2.45, 2.75) is 0 Å². The maximum absolute atomic E-state index is 11.8. The van der Waals surface area contributed by atoms with Gasteiger partial charge in [-0.1, -0.05) is 24.1 Å². The molecule has 0 bridgehead atoms. The molecule has 2 aromatic carbocycles. The molecule has 0 unspecified atom stereocenters. The minimum absolute atomic E-state index is 0.182. The second kappa shape index (κ2) is 6.79.